The van der Waals surface area contributed by atoms with E-state index in [0.717, 1.165) is 0 Å². The van der Waals surface area contributed by atoms with Crippen LogP contribution in [0.3, 0.4) is 0 Å². The summed E-state index contributed by atoms with van der Waals surface area (Å²) >= 11 is 5.84. The van der Waals surface area contributed by atoms with Crippen molar-refractivity contribution >= 4 is 34.8 Å². The highest BCUT2D eigenvalue weighted by Crippen LogP contribution is 2.19. The predicted octanol–water partition coefficient (Wildman–Crippen LogP) is 4.39. The van der Waals surface area contributed by atoms with E-state index in [1.807, 2.05) is 0 Å². The summed E-state index contributed by atoms with van der Waals surface area (Å²) in [6.45, 7) is 1.65. The molecule has 0 saturated carbocycles. The number of aromatic nitrogens is 1. The highest BCUT2D eigenvalue weighted by Gasteiger charge is 2.15. The first-order valence-electron chi connectivity index (χ1n) is 8.56. The lowest BCUT2D eigenvalue weighted by molar-refractivity contribution is -0.122. The van der Waals surface area contributed by atoms with Crippen molar-refractivity contribution in [2.24, 2.45) is 0 Å². The van der Waals surface area contributed by atoms with Crippen LogP contribution in [0.4, 0.5) is 11.4 Å². The predicted molar refractivity (Wildman–Crippen MR) is 109 cm³/mol. The molecule has 1 atom stereocenters. The van der Waals surface area contributed by atoms with Crippen LogP contribution < -0.4 is 15.4 Å². The SMILES string of the molecule is CC(Oc1ccc(Cl)cc1)C(=O)Nc1cccc(NC(=O)c2cccnc2)c1. The van der Waals surface area contributed by atoms with Crippen LogP contribution >= 0.6 is 11.6 Å². The number of rotatable bonds is 6. The largest absolute Gasteiger partial charge is 0.481 e. The van der Waals surface area contributed by atoms with Gasteiger partial charge in [-0.05, 0) is 61.5 Å². The zero-order valence-corrected chi connectivity index (χ0v) is 15.8. The van der Waals surface area contributed by atoms with Gasteiger partial charge in [-0.15, -0.1) is 0 Å². The summed E-state index contributed by atoms with van der Waals surface area (Å²) in [6.07, 6.45) is 2.37. The summed E-state index contributed by atoms with van der Waals surface area (Å²) in [6, 6.07) is 17.0. The van der Waals surface area contributed by atoms with Gasteiger partial charge >= 0.3 is 0 Å². The molecule has 0 aliphatic heterocycles. The van der Waals surface area contributed by atoms with Gasteiger partial charge in [-0.1, -0.05) is 17.7 Å². The smallest absolute Gasteiger partial charge is 0.265 e. The topological polar surface area (TPSA) is 80.3 Å². The van der Waals surface area contributed by atoms with Gasteiger partial charge in [-0.2, -0.15) is 0 Å². The summed E-state index contributed by atoms with van der Waals surface area (Å²) in [5.41, 5.74) is 1.54. The number of halogens is 1. The Morgan fingerprint density at radius 2 is 1.71 bits per heavy atom. The Morgan fingerprint density at radius 1 is 1.00 bits per heavy atom. The van der Waals surface area contributed by atoms with Gasteiger partial charge in [0.15, 0.2) is 6.10 Å². The number of hydrogen-bond acceptors (Lipinski definition) is 4. The van der Waals surface area contributed by atoms with Crippen molar-refractivity contribution in [3.8, 4) is 5.75 Å². The molecule has 0 aliphatic carbocycles. The number of ether oxygens (including phenoxy) is 1. The summed E-state index contributed by atoms with van der Waals surface area (Å²) in [4.78, 5) is 28.5. The molecule has 3 rings (SSSR count). The number of amides is 2. The van der Waals surface area contributed by atoms with E-state index in [4.69, 9.17) is 16.3 Å². The van der Waals surface area contributed by atoms with E-state index < -0.39 is 6.10 Å². The molecule has 2 aromatic carbocycles. The molecule has 7 heteroatoms. The Morgan fingerprint density at radius 3 is 2.39 bits per heavy atom. The molecule has 0 aliphatic rings. The fourth-order valence-corrected chi connectivity index (χ4v) is 2.52. The molecule has 0 radical (unpaired) electrons. The van der Waals surface area contributed by atoms with E-state index in [9.17, 15) is 9.59 Å². The first-order valence-corrected chi connectivity index (χ1v) is 8.93. The molecule has 6 nitrogen and oxygen atoms in total. The minimum absolute atomic E-state index is 0.281. The van der Waals surface area contributed by atoms with Crippen molar-refractivity contribution in [2.45, 2.75) is 13.0 Å². The van der Waals surface area contributed by atoms with Crippen molar-refractivity contribution in [1.29, 1.82) is 0 Å². The van der Waals surface area contributed by atoms with Crippen molar-refractivity contribution in [2.75, 3.05) is 10.6 Å². The molecule has 0 fully saturated rings. The van der Waals surface area contributed by atoms with Crippen LogP contribution in [-0.2, 0) is 4.79 Å². The molecular formula is C21H18ClN3O3. The van der Waals surface area contributed by atoms with Crippen LogP contribution in [0, 0.1) is 0 Å². The van der Waals surface area contributed by atoms with Crippen molar-refractivity contribution in [3.05, 3.63) is 83.6 Å². The van der Waals surface area contributed by atoms with Gasteiger partial charge in [0.05, 0.1) is 5.56 Å². The molecule has 1 unspecified atom stereocenters. The quantitative estimate of drug-likeness (QED) is 0.648. The van der Waals surface area contributed by atoms with Gasteiger partial charge in [0, 0.05) is 28.8 Å². The van der Waals surface area contributed by atoms with Crippen LogP contribution in [0.25, 0.3) is 0 Å². The molecule has 2 N–H and O–H groups in total. The highest BCUT2D eigenvalue weighted by atomic mass is 35.5. The second-order valence-electron chi connectivity index (χ2n) is 5.98. The van der Waals surface area contributed by atoms with Crippen molar-refractivity contribution in [3.63, 3.8) is 0 Å². The Bertz CT molecular complexity index is 962. The number of carbonyl (C=O) groups excluding carboxylic acids is 2. The molecule has 142 valence electrons. The summed E-state index contributed by atoms with van der Waals surface area (Å²) in [5.74, 6) is -0.0498. The number of hydrogen-bond donors (Lipinski definition) is 2. The maximum atomic E-state index is 12.4. The Balaban J connectivity index is 1.61. The maximum absolute atomic E-state index is 12.4. The van der Waals surface area contributed by atoms with Gasteiger partial charge in [0.1, 0.15) is 5.75 Å². The fourth-order valence-electron chi connectivity index (χ4n) is 2.39. The number of pyridine rings is 1. The average molecular weight is 396 g/mol. The van der Waals surface area contributed by atoms with E-state index >= 15 is 0 Å². The first-order chi connectivity index (χ1) is 13.5. The zero-order valence-electron chi connectivity index (χ0n) is 15.1. The third kappa shape index (κ3) is 5.31. The van der Waals surface area contributed by atoms with Crippen LogP contribution in [0.5, 0.6) is 5.75 Å². The van der Waals surface area contributed by atoms with E-state index in [1.165, 1.54) is 6.20 Å². The summed E-state index contributed by atoms with van der Waals surface area (Å²) < 4.78 is 5.61. The number of nitrogens with one attached hydrogen (secondary N) is 2. The fraction of sp³-hybridized carbons (Fsp3) is 0.0952. The van der Waals surface area contributed by atoms with Crippen LogP contribution in [0.1, 0.15) is 17.3 Å². The first kappa shape index (κ1) is 19.4. The summed E-state index contributed by atoms with van der Waals surface area (Å²) in [5, 5.41) is 6.14. The molecule has 0 spiro atoms. The lowest BCUT2D eigenvalue weighted by Crippen LogP contribution is -2.30. The molecule has 1 aromatic heterocycles. The monoisotopic (exact) mass is 395 g/mol. The second kappa shape index (κ2) is 9.01. The third-order valence-corrected chi connectivity index (χ3v) is 4.06. The molecule has 28 heavy (non-hydrogen) atoms. The molecule has 1 heterocycles. The van der Waals surface area contributed by atoms with Gasteiger partial charge in [-0.3, -0.25) is 14.6 Å². The lowest BCUT2D eigenvalue weighted by Gasteiger charge is -2.15. The Hall–Kier alpha value is -3.38. The molecule has 3 aromatic rings. The standard InChI is InChI=1S/C21H18ClN3O3/c1-14(28-19-9-7-16(22)8-10-19)20(26)24-17-5-2-6-18(12-17)25-21(27)15-4-3-11-23-13-15/h2-14H,1H3,(H,24,26)(H,25,27). The normalized spacial score (nSPS) is 11.4. The van der Waals surface area contributed by atoms with Crippen LogP contribution in [-0.4, -0.2) is 22.9 Å². The van der Waals surface area contributed by atoms with Crippen LogP contribution in [0.2, 0.25) is 5.02 Å². The van der Waals surface area contributed by atoms with Gasteiger partial charge in [-0.25, -0.2) is 0 Å². The zero-order chi connectivity index (χ0) is 19.9. The lowest BCUT2D eigenvalue weighted by atomic mass is 10.2. The van der Waals surface area contributed by atoms with Gasteiger partial charge < -0.3 is 15.4 Å². The number of carbonyl (C=O) groups is 2. The number of nitrogens with zero attached hydrogens (tertiary/aromatic N) is 1. The highest BCUT2D eigenvalue weighted by molar-refractivity contribution is 6.30. The molecular weight excluding hydrogens is 378 g/mol. The van der Waals surface area contributed by atoms with Crippen LogP contribution in [0.15, 0.2) is 73.1 Å². The minimum Gasteiger partial charge on any atom is -0.481 e. The van der Waals surface area contributed by atoms with E-state index in [0.29, 0.717) is 27.7 Å². The molecule has 2 amide bonds. The number of benzene rings is 2. The van der Waals surface area contributed by atoms with E-state index in [-0.39, 0.29) is 11.8 Å². The maximum Gasteiger partial charge on any atom is 0.265 e. The van der Waals surface area contributed by atoms with Crippen molar-refractivity contribution < 1.29 is 14.3 Å². The van der Waals surface area contributed by atoms with Crippen molar-refractivity contribution in [1.82, 2.24) is 4.98 Å². The van der Waals surface area contributed by atoms with E-state index in [2.05, 4.69) is 15.6 Å². The molecule has 0 saturated heterocycles. The second-order valence-corrected chi connectivity index (χ2v) is 6.42. The Labute approximate surface area is 167 Å². The van der Waals surface area contributed by atoms with E-state index in [1.54, 1.807) is 73.8 Å². The average Bonchev–Trinajstić information content (AvgIpc) is 2.70. The third-order valence-electron chi connectivity index (χ3n) is 3.81. The molecule has 0 bridgehead atoms. The minimum atomic E-state index is -0.713. The van der Waals surface area contributed by atoms with Gasteiger partial charge in [0.2, 0.25) is 0 Å². The van der Waals surface area contributed by atoms with Gasteiger partial charge in [0.25, 0.3) is 11.8 Å². The number of anilines is 2. The summed E-state index contributed by atoms with van der Waals surface area (Å²) in [7, 11) is 0. The Kier molecular flexibility index (Phi) is 6.24.